The predicted molar refractivity (Wildman–Crippen MR) is 35.7 cm³/mol. The Bertz CT molecular complexity index is 235. The minimum atomic E-state index is -4.58. The summed E-state index contributed by atoms with van der Waals surface area (Å²) < 4.78 is 42.3. The minimum Gasteiger partial charge on any atom is -0.383 e. The summed E-state index contributed by atoms with van der Waals surface area (Å²) in [6.45, 7) is 0. The van der Waals surface area contributed by atoms with Crippen LogP contribution in [0.3, 0.4) is 0 Å². The van der Waals surface area contributed by atoms with Crippen LogP contribution in [0.5, 0.6) is 0 Å². The van der Waals surface area contributed by atoms with Gasteiger partial charge in [-0.15, -0.1) is 0 Å². The molecular formula is C5H5F3N2OS. The molecule has 3 nitrogen and oxygen atoms in total. The van der Waals surface area contributed by atoms with E-state index in [1.165, 1.54) is 6.20 Å². The van der Waals surface area contributed by atoms with E-state index in [0.717, 1.165) is 11.7 Å². The molecule has 0 aromatic carbocycles. The lowest BCUT2D eigenvalue weighted by molar-refractivity contribution is -0.203. The van der Waals surface area contributed by atoms with Gasteiger partial charge in [0.2, 0.25) is 0 Å². The number of halogens is 3. The van der Waals surface area contributed by atoms with Crippen molar-refractivity contribution < 1.29 is 18.3 Å². The smallest absolute Gasteiger partial charge is 0.383 e. The zero-order chi connectivity index (χ0) is 9.19. The first kappa shape index (κ1) is 9.40. The Labute approximate surface area is 70.2 Å². The quantitative estimate of drug-likeness (QED) is 0.771. The molecule has 1 aromatic heterocycles. The number of hydrogen-bond donors (Lipinski definition) is 1. The van der Waals surface area contributed by atoms with Crippen molar-refractivity contribution in [3.05, 3.63) is 11.9 Å². The average molecular weight is 198 g/mol. The lowest BCUT2D eigenvalue weighted by Crippen LogP contribution is -2.30. The Balaban J connectivity index is 2.53. The molecule has 0 aliphatic rings. The third-order valence-corrected chi connectivity index (χ3v) is 1.70. The molecule has 0 spiro atoms. The number of aromatic nitrogens is 2. The lowest BCUT2D eigenvalue weighted by Gasteiger charge is -2.12. The van der Waals surface area contributed by atoms with Gasteiger partial charge in [0.25, 0.3) is 0 Å². The van der Waals surface area contributed by atoms with Gasteiger partial charge in [-0.05, 0) is 0 Å². The maximum absolute atomic E-state index is 11.7. The zero-order valence-corrected chi connectivity index (χ0v) is 6.56. The third-order valence-electron chi connectivity index (χ3n) is 1.19. The van der Waals surface area contributed by atoms with Crippen LogP contribution in [0.2, 0.25) is 0 Å². The van der Waals surface area contributed by atoms with Crippen LogP contribution in [0.25, 0.3) is 0 Å². The highest BCUT2D eigenvalue weighted by molar-refractivity contribution is 6.99. The Morgan fingerprint density at radius 2 is 2.25 bits per heavy atom. The zero-order valence-electron chi connectivity index (χ0n) is 5.75. The second-order valence-electron chi connectivity index (χ2n) is 2.16. The van der Waals surface area contributed by atoms with E-state index in [2.05, 4.69) is 8.75 Å². The van der Waals surface area contributed by atoms with Crippen LogP contribution in [0.1, 0.15) is 5.69 Å². The van der Waals surface area contributed by atoms with E-state index in [-0.39, 0.29) is 5.69 Å². The average Bonchev–Trinajstić information content (AvgIpc) is 2.37. The molecule has 1 aromatic rings. The fourth-order valence-electron chi connectivity index (χ4n) is 0.588. The van der Waals surface area contributed by atoms with Crippen molar-refractivity contribution in [2.24, 2.45) is 0 Å². The summed E-state index contributed by atoms with van der Waals surface area (Å²) in [5.74, 6) is 0. The van der Waals surface area contributed by atoms with Crippen molar-refractivity contribution in [3.8, 4) is 0 Å². The Kier molecular flexibility index (Phi) is 2.63. The highest BCUT2D eigenvalue weighted by Gasteiger charge is 2.38. The van der Waals surface area contributed by atoms with Crippen LogP contribution < -0.4 is 0 Å². The van der Waals surface area contributed by atoms with Crippen LogP contribution in [0, 0.1) is 0 Å². The van der Waals surface area contributed by atoms with E-state index in [4.69, 9.17) is 5.11 Å². The van der Waals surface area contributed by atoms with Crippen LogP contribution in [0.4, 0.5) is 13.2 Å². The Morgan fingerprint density at radius 1 is 1.58 bits per heavy atom. The molecule has 0 radical (unpaired) electrons. The molecular weight excluding hydrogens is 193 g/mol. The van der Waals surface area contributed by atoms with Gasteiger partial charge >= 0.3 is 6.18 Å². The normalized spacial score (nSPS) is 14.7. The highest BCUT2D eigenvalue weighted by atomic mass is 32.1. The SMILES string of the molecule is O[C@H](Cc1cnsn1)C(F)(F)F. The number of rotatable bonds is 2. The number of aliphatic hydroxyl groups excluding tert-OH is 1. The van der Waals surface area contributed by atoms with Gasteiger partial charge in [-0.2, -0.15) is 21.9 Å². The van der Waals surface area contributed by atoms with Crippen molar-refractivity contribution in [3.63, 3.8) is 0 Å². The number of alkyl halides is 3. The summed E-state index contributed by atoms with van der Waals surface area (Å²) in [5, 5.41) is 8.57. The van der Waals surface area contributed by atoms with E-state index < -0.39 is 18.7 Å². The van der Waals surface area contributed by atoms with E-state index in [1.807, 2.05) is 0 Å². The Morgan fingerprint density at radius 3 is 2.67 bits per heavy atom. The standard InChI is InChI=1S/C5H5F3N2OS/c6-5(7,8)4(11)1-3-2-9-12-10-3/h2,4,11H,1H2/t4-/m1/s1. The number of hydrogen-bond acceptors (Lipinski definition) is 4. The van der Waals surface area contributed by atoms with Crippen LogP contribution in [0.15, 0.2) is 6.20 Å². The van der Waals surface area contributed by atoms with Gasteiger partial charge in [0.1, 0.15) is 0 Å². The van der Waals surface area contributed by atoms with Gasteiger partial charge in [-0.3, -0.25) is 0 Å². The minimum absolute atomic E-state index is 0.157. The molecule has 0 aliphatic heterocycles. The van der Waals surface area contributed by atoms with Gasteiger partial charge in [-0.1, -0.05) is 0 Å². The summed E-state index contributed by atoms with van der Waals surface area (Å²) in [5.41, 5.74) is 0.157. The molecule has 68 valence electrons. The number of aliphatic hydroxyl groups is 1. The second-order valence-corrected chi connectivity index (χ2v) is 2.72. The Hall–Kier alpha value is -0.690. The molecule has 0 saturated carbocycles. The summed E-state index contributed by atoms with van der Waals surface area (Å²) in [6, 6.07) is 0. The maximum Gasteiger partial charge on any atom is 0.414 e. The molecule has 0 amide bonds. The van der Waals surface area contributed by atoms with E-state index >= 15 is 0 Å². The molecule has 0 fully saturated rings. The molecule has 1 rings (SSSR count). The van der Waals surface area contributed by atoms with Gasteiger partial charge in [0, 0.05) is 6.42 Å². The van der Waals surface area contributed by atoms with Crippen LogP contribution in [-0.2, 0) is 6.42 Å². The predicted octanol–water partition coefficient (Wildman–Crippen LogP) is 1.00. The van der Waals surface area contributed by atoms with Crippen LogP contribution >= 0.6 is 11.7 Å². The summed E-state index contributed by atoms with van der Waals surface area (Å²) in [6.07, 6.45) is -6.25. The van der Waals surface area contributed by atoms with Crippen molar-refractivity contribution >= 4 is 11.7 Å². The largest absolute Gasteiger partial charge is 0.414 e. The molecule has 1 heterocycles. The van der Waals surface area contributed by atoms with Gasteiger partial charge < -0.3 is 5.11 Å². The first-order chi connectivity index (χ1) is 5.50. The monoisotopic (exact) mass is 198 g/mol. The summed E-state index contributed by atoms with van der Waals surface area (Å²) in [4.78, 5) is 0. The van der Waals surface area contributed by atoms with Crippen LogP contribution in [-0.4, -0.2) is 26.1 Å². The van der Waals surface area contributed by atoms with Gasteiger partial charge in [0.05, 0.1) is 23.6 Å². The molecule has 1 atom stereocenters. The van der Waals surface area contributed by atoms with Crippen molar-refractivity contribution in [1.29, 1.82) is 0 Å². The first-order valence-corrected chi connectivity index (χ1v) is 3.74. The number of nitrogens with zero attached hydrogens (tertiary/aromatic N) is 2. The van der Waals surface area contributed by atoms with Crippen molar-refractivity contribution in [2.45, 2.75) is 18.7 Å². The molecule has 0 unspecified atom stereocenters. The lowest BCUT2D eigenvalue weighted by atomic mass is 10.2. The molecule has 0 saturated heterocycles. The summed E-state index contributed by atoms with van der Waals surface area (Å²) >= 11 is 0.814. The third kappa shape index (κ3) is 2.42. The molecule has 7 heteroatoms. The molecule has 0 bridgehead atoms. The van der Waals surface area contributed by atoms with Gasteiger partial charge in [0.15, 0.2) is 6.10 Å². The van der Waals surface area contributed by atoms with Crippen molar-refractivity contribution in [1.82, 2.24) is 8.75 Å². The fourth-order valence-corrected chi connectivity index (χ4v) is 1.03. The van der Waals surface area contributed by atoms with Gasteiger partial charge in [-0.25, -0.2) is 0 Å². The molecule has 0 aliphatic carbocycles. The molecule has 1 N–H and O–H groups in total. The molecule has 12 heavy (non-hydrogen) atoms. The summed E-state index contributed by atoms with van der Waals surface area (Å²) in [7, 11) is 0. The fraction of sp³-hybridized carbons (Fsp3) is 0.600. The topological polar surface area (TPSA) is 46.0 Å². The van der Waals surface area contributed by atoms with E-state index in [9.17, 15) is 13.2 Å². The maximum atomic E-state index is 11.7. The van der Waals surface area contributed by atoms with E-state index in [1.54, 1.807) is 0 Å². The van der Waals surface area contributed by atoms with Crippen molar-refractivity contribution in [2.75, 3.05) is 0 Å². The van der Waals surface area contributed by atoms with E-state index in [0.29, 0.717) is 0 Å². The first-order valence-electron chi connectivity index (χ1n) is 3.01. The highest BCUT2D eigenvalue weighted by Crippen LogP contribution is 2.22. The second kappa shape index (κ2) is 3.36.